The minimum Gasteiger partial charge on any atom is -0.459 e. The van der Waals surface area contributed by atoms with E-state index in [4.69, 9.17) is 10.2 Å². The molecule has 2 unspecified atom stereocenters. The minimum absolute atomic E-state index is 0.146. The molecule has 0 saturated carbocycles. The monoisotopic (exact) mass is 246 g/mol. The van der Waals surface area contributed by atoms with Gasteiger partial charge < -0.3 is 10.2 Å². The Labute approximate surface area is 109 Å². The van der Waals surface area contributed by atoms with Gasteiger partial charge in [-0.15, -0.1) is 0 Å². The number of likely N-dealkylation sites (N-methyl/N-ethyl adjacent to an activating group) is 1. The molecule has 0 radical (unpaired) electrons. The van der Waals surface area contributed by atoms with Gasteiger partial charge in [0.25, 0.3) is 0 Å². The lowest BCUT2D eigenvalue weighted by atomic mass is 10.1. The number of para-hydroxylation sites is 1. The van der Waals surface area contributed by atoms with Gasteiger partial charge in [0.05, 0.1) is 6.04 Å². The maximum atomic E-state index is 5.92. The molecule has 3 heteroatoms. The highest BCUT2D eigenvalue weighted by atomic mass is 16.3. The van der Waals surface area contributed by atoms with Crippen molar-refractivity contribution in [2.75, 3.05) is 13.6 Å². The Hall–Kier alpha value is -1.32. The third-order valence-electron chi connectivity index (χ3n) is 3.77. The summed E-state index contributed by atoms with van der Waals surface area (Å²) in [7, 11) is 2.11. The Balaban J connectivity index is 2.32. The number of rotatable bonds is 5. The fourth-order valence-corrected chi connectivity index (χ4v) is 2.24. The first-order valence-electron chi connectivity index (χ1n) is 6.57. The predicted octanol–water partition coefficient (Wildman–Crippen LogP) is 3.16. The van der Waals surface area contributed by atoms with E-state index in [1.807, 2.05) is 18.2 Å². The zero-order chi connectivity index (χ0) is 13.1. The molecule has 2 rings (SSSR count). The largest absolute Gasteiger partial charge is 0.459 e. The Bertz CT molecular complexity index is 473. The summed E-state index contributed by atoms with van der Waals surface area (Å²) >= 11 is 0. The topological polar surface area (TPSA) is 42.4 Å². The second-order valence-corrected chi connectivity index (χ2v) is 4.86. The van der Waals surface area contributed by atoms with Gasteiger partial charge in [-0.05, 0) is 32.5 Å². The van der Waals surface area contributed by atoms with Crippen molar-refractivity contribution in [1.82, 2.24) is 4.90 Å². The van der Waals surface area contributed by atoms with E-state index in [0.717, 1.165) is 23.2 Å². The van der Waals surface area contributed by atoms with E-state index >= 15 is 0 Å². The van der Waals surface area contributed by atoms with E-state index in [0.29, 0.717) is 12.6 Å². The Morgan fingerprint density at radius 3 is 2.67 bits per heavy atom. The maximum absolute atomic E-state index is 5.92. The molecule has 0 amide bonds. The van der Waals surface area contributed by atoms with Crippen LogP contribution in [0, 0.1) is 0 Å². The van der Waals surface area contributed by atoms with Crippen LogP contribution in [0.3, 0.4) is 0 Å². The molecule has 18 heavy (non-hydrogen) atoms. The van der Waals surface area contributed by atoms with Crippen LogP contribution in [0.15, 0.2) is 34.7 Å². The first-order chi connectivity index (χ1) is 8.67. The van der Waals surface area contributed by atoms with Crippen molar-refractivity contribution in [3.63, 3.8) is 0 Å². The molecule has 2 aromatic rings. The van der Waals surface area contributed by atoms with Crippen LogP contribution in [-0.4, -0.2) is 24.5 Å². The quantitative estimate of drug-likeness (QED) is 0.881. The van der Waals surface area contributed by atoms with Gasteiger partial charge in [0.15, 0.2) is 0 Å². The van der Waals surface area contributed by atoms with Crippen LogP contribution in [0.2, 0.25) is 0 Å². The number of hydrogen-bond donors (Lipinski definition) is 1. The summed E-state index contributed by atoms with van der Waals surface area (Å²) in [5.41, 5.74) is 6.85. The molecule has 0 aliphatic heterocycles. The van der Waals surface area contributed by atoms with Crippen molar-refractivity contribution in [3.8, 4) is 0 Å². The van der Waals surface area contributed by atoms with Crippen molar-refractivity contribution >= 4 is 11.0 Å². The van der Waals surface area contributed by atoms with Crippen LogP contribution in [0.25, 0.3) is 11.0 Å². The number of fused-ring (bicyclic) bond motifs is 1. The van der Waals surface area contributed by atoms with Crippen molar-refractivity contribution < 1.29 is 4.42 Å². The number of furan rings is 1. The Kier molecular flexibility index (Phi) is 4.04. The molecule has 0 fully saturated rings. The van der Waals surface area contributed by atoms with Crippen LogP contribution in [0.5, 0.6) is 0 Å². The molecule has 0 aliphatic rings. The molecule has 1 aromatic carbocycles. The maximum Gasteiger partial charge on any atom is 0.134 e. The third kappa shape index (κ3) is 2.42. The molecule has 0 bridgehead atoms. The second-order valence-electron chi connectivity index (χ2n) is 4.86. The van der Waals surface area contributed by atoms with Crippen molar-refractivity contribution in [1.29, 1.82) is 0 Å². The molecular weight excluding hydrogens is 224 g/mol. The smallest absolute Gasteiger partial charge is 0.134 e. The van der Waals surface area contributed by atoms with Gasteiger partial charge in [-0.1, -0.05) is 25.1 Å². The molecule has 98 valence electrons. The fraction of sp³-hybridized carbons (Fsp3) is 0.467. The zero-order valence-electron chi connectivity index (χ0n) is 11.4. The lowest BCUT2D eigenvalue weighted by Gasteiger charge is -2.30. The van der Waals surface area contributed by atoms with Crippen molar-refractivity contribution in [3.05, 3.63) is 36.1 Å². The third-order valence-corrected chi connectivity index (χ3v) is 3.77. The molecule has 1 heterocycles. The summed E-state index contributed by atoms with van der Waals surface area (Å²) in [4.78, 5) is 2.29. The molecule has 0 saturated heterocycles. The molecular formula is C15H22N2O. The average molecular weight is 246 g/mol. The molecule has 0 spiro atoms. The van der Waals surface area contributed by atoms with Crippen LogP contribution in [0.4, 0.5) is 0 Å². The van der Waals surface area contributed by atoms with Crippen molar-refractivity contribution in [2.24, 2.45) is 5.73 Å². The zero-order valence-corrected chi connectivity index (χ0v) is 11.4. The van der Waals surface area contributed by atoms with Crippen LogP contribution < -0.4 is 5.73 Å². The van der Waals surface area contributed by atoms with Crippen LogP contribution in [-0.2, 0) is 0 Å². The summed E-state index contributed by atoms with van der Waals surface area (Å²) in [5.74, 6) is 0.960. The molecule has 1 aromatic heterocycles. The highest BCUT2D eigenvalue weighted by Gasteiger charge is 2.22. The second kappa shape index (κ2) is 5.55. The van der Waals surface area contributed by atoms with E-state index < -0.39 is 0 Å². The Morgan fingerprint density at radius 2 is 2.06 bits per heavy atom. The minimum atomic E-state index is 0.146. The molecule has 3 nitrogen and oxygen atoms in total. The summed E-state index contributed by atoms with van der Waals surface area (Å²) in [5, 5.41) is 1.14. The molecule has 2 N–H and O–H groups in total. The Morgan fingerprint density at radius 1 is 1.33 bits per heavy atom. The summed E-state index contributed by atoms with van der Waals surface area (Å²) in [6, 6.07) is 10.8. The lowest BCUT2D eigenvalue weighted by molar-refractivity contribution is 0.166. The number of hydrogen-bond acceptors (Lipinski definition) is 3. The standard InChI is InChI=1S/C15H22N2O/c1-4-11(2)17(3)13(10-16)15-9-12-7-5-6-8-14(12)18-15/h5-9,11,13H,4,10,16H2,1-3H3. The number of benzene rings is 1. The summed E-state index contributed by atoms with van der Waals surface area (Å²) in [6.07, 6.45) is 1.10. The van der Waals surface area contributed by atoms with Gasteiger partial charge >= 0.3 is 0 Å². The van der Waals surface area contributed by atoms with E-state index in [1.165, 1.54) is 0 Å². The first-order valence-corrected chi connectivity index (χ1v) is 6.57. The van der Waals surface area contributed by atoms with Gasteiger partial charge in [-0.2, -0.15) is 0 Å². The highest BCUT2D eigenvalue weighted by molar-refractivity contribution is 5.77. The van der Waals surface area contributed by atoms with E-state index in [2.05, 4.69) is 37.9 Å². The molecule has 2 atom stereocenters. The van der Waals surface area contributed by atoms with Crippen LogP contribution in [0.1, 0.15) is 32.1 Å². The van der Waals surface area contributed by atoms with Gasteiger partial charge in [-0.25, -0.2) is 0 Å². The highest BCUT2D eigenvalue weighted by Crippen LogP contribution is 2.27. The SMILES string of the molecule is CCC(C)N(C)C(CN)c1cc2ccccc2o1. The summed E-state index contributed by atoms with van der Waals surface area (Å²) < 4.78 is 5.92. The van der Waals surface area contributed by atoms with Gasteiger partial charge in [-0.3, -0.25) is 4.90 Å². The van der Waals surface area contributed by atoms with Crippen LogP contribution >= 0.6 is 0 Å². The average Bonchev–Trinajstić information content (AvgIpc) is 2.81. The van der Waals surface area contributed by atoms with Crippen molar-refractivity contribution in [2.45, 2.75) is 32.4 Å². The first kappa shape index (κ1) is 13.1. The lowest BCUT2D eigenvalue weighted by Crippen LogP contribution is -2.36. The predicted molar refractivity (Wildman–Crippen MR) is 75.5 cm³/mol. The van der Waals surface area contributed by atoms with E-state index in [9.17, 15) is 0 Å². The molecule has 0 aliphatic carbocycles. The van der Waals surface area contributed by atoms with E-state index in [1.54, 1.807) is 0 Å². The number of nitrogens with two attached hydrogens (primary N) is 1. The summed E-state index contributed by atoms with van der Waals surface area (Å²) in [6.45, 7) is 4.97. The van der Waals surface area contributed by atoms with Gasteiger partial charge in [0.2, 0.25) is 0 Å². The normalized spacial score (nSPS) is 15.2. The number of nitrogens with zero attached hydrogens (tertiary/aromatic N) is 1. The van der Waals surface area contributed by atoms with E-state index in [-0.39, 0.29) is 6.04 Å². The van der Waals surface area contributed by atoms with Gasteiger partial charge in [0, 0.05) is 18.0 Å². The van der Waals surface area contributed by atoms with Gasteiger partial charge in [0.1, 0.15) is 11.3 Å². The fourth-order valence-electron chi connectivity index (χ4n) is 2.24.